The largest absolute Gasteiger partial charge is 0.493 e. The van der Waals surface area contributed by atoms with Crippen LogP contribution in [0.3, 0.4) is 0 Å². The second-order valence-corrected chi connectivity index (χ2v) is 5.32. The van der Waals surface area contributed by atoms with Crippen LogP contribution in [0.1, 0.15) is 31.7 Å². The number of hydrogen-bond acceptors (Lipinski definition) is 3. The van der Waals surface area contributed by atoms with Crippen molar-refractivity contribution in [3.8, 4) is 5.75 Å². The summed E-state index contributed by atoms with van der Waals surface area (Å²) in [6.07, 6.45) is 0.720. The summed E-state index contributed by atoms with van der Waals surface area (Å²) < 4.78 is 5.58. The third kappa shape index (κ3) is 3.07. The molecular formula is C15H22N2O2. The minimum absolute atomic E-state index is 0.0301. The summed E-state index contributed by atoms with van der Waals surface area (Å²) in [5.41, 5.74) is 6.68. The number of para-hydroxylation sites is 1. The molecule has 19 heavy (non-hydrogen) atoms. The fourth-order valence-corrected chi connectivity index (χ4v) is 2.40. The second kappa shape index (κ2) is 6.06. The quantitative estimate of drug-likeness (QED) is 0.867. The van der Waals surface area contributed by atoms with Crippen molar-refractivity contribution in [3.63, 3.8) is 0 Å². The van der Waals surface area contributed by atoms with Crippen LogP contribution in [-0.2, 0) is 4.79 Å². The molecule has 1 aliphatic rings. The van der Waals surface area contributed by atoms with Crippen LogP contribution >= 0.6 is 0 Å². The Labute approximate surface area is 114 Å². The Bertz CT molecular complexity index is 446. The smallest absolute Gasteiger partial charge is 0.228 e. The first kappa shape index (κ1) is 13.9. The highest BCUT2D eigenvalue weighted by atomic mass is 16.5. The van der Waals surface area contributed by atoms with E-state index < -0.39 is 0 Å². The molecule has 1 amide bonds. The van der Waals surface area contributed by atoms with Gasteiger partial charge in [-0.25, -0.2) is 0 Å². The standard InChI is InChI=1S/C15H22N2O2/c1-10(2)13(9-16)17-15(18)12-7-8-19-14-6-4-3-5-11(12)14/h3-6,10,12-13H,7-9,16H2,1-2H3,(H,17,18). The summed E-state index contributed by atoms with van der Waals surface area (Å²) in [6, 6.07) is 7.78. The van der Waals surface area contributed by atoms with Crippen molar-refractivity contribution in [1.82, 2.24) is 5.32 Å². The molecule has 4 nitrogen and oxygen atoms in total. The number of nitrogens with one attached hydrogen (secondary N) is 1. The van der Waals surface area contributed by atoms with Crippen LogP contribution in [-0.4, -0.2) is 25.1 Å². The van der Waals surface area contributed by atoms with E-state index in [1.807, 2.05) is 24.3 Å². The van der Waals surface area contributed by atoms with Crippen LogP contribution in [0.4, 0.5) is 0 Å². The minimum atomic E-state index is -0.127. The van der Waals surface area contributed by atoms with E-state index in [9.17, 15) is 4.79 Å². The van der Waals surface area contributed by atoms with Crippen LogP contribution in [0.5, 0.6) is 5.75 Å². The molecule has 0 fully saturated rings. The fourth-order valence-electron chi connectivity index (χ4n) is 2.40. The van der Waals surface area contributed by atoms with Gasteiger partial charge in [-0.05, 0) is 18.4 Å². The Morgan fingerprint density at radius 1 is 1.47 bits per heavy atom. The van der Waals surface area contributed by atoms with Crippen LogP contribution in [0, 0.1) is 5.92 Å². The monoisotopic (exact) mass is 262 g/mol. The Kier molecular flexibility index (Phi) is 4.43. The van der Waals surface area contributed by atoms with Gasteiger partial charge in [0.1, 0.15) is 5.75 Å². The van der Waals surface area contributed by atoms with E-state index in [1.54, 1.807) is 0 Å². The maximum atomic E-state index is 12.4. The molecular weight excluding hydrogens is 240 g/mol. The van der Waals surface area contributed by atoms with Crippen molar-refractivity contribution in [3.05, 3.63) is 29.8 Å². The summed E-state index contributed by atoms with van der Waals surface area (Å²) in [7, 11) is 0. The van der Waals surface area contributed by atoms with Crippen LogP contribution in [0.25, 0.3) is 0 Å². The molecule has 2 rings (SSSR count). The number of nitrogens with two attached hydrogens (primary N) is 1. The lowest BCUT2D eigenvalue weighted by Gasteiger charge is -2.28. The maximum absolute atomic E-state index is 12.4. The molecule has 1 heterocycles. The molecule has 0 spiro atoms. The highest BCUT2D eigenvalue weighted by molar-refractivity contribution is 5.85. The molecule has 2 unspecified atom stereocenters. The van der Waals surface area contributed by atoms with Crippen molar-refractivity contribution >= 4 is 5.91 Å². The second-order valence-electron chi connectivity index (χ2n) is 5.32. The van der Waals surface area contributed by atoms with Crippen molar-refractivity contribution in [2.24, 2.45) is 11.7 Å². The molecule has 1 aromatic rings. The van der Waals surface area contributed by atoms with Gasteiger partial charge in [-0.15, -0.1) is 0 Å². The van der Waals surface area contributed by atoms with Crippen LogP contribution in [0.2, 0.25) is 0 Å². The van der Waals surface area contributed by atoms with Gasteiger partial charge in [-0.3, -0.25) is 4.79 Å². The fraction of sp³-hybridized carbons (Fsp3) is 0.533. The molecule has 4 heteroatoms. The van der Waals surface area contributed by atoms with Gasteiger partial charge < -0.3 is 15.8 Å². The molecule has 0 aromatic heterocycles. The predicted molar refractivity (Wildman–Crippen MR) is 75.1 cm³/mol. The van der Waals surface area contributed by atoms with Gasteiger partial charge in [0.25, 0.3) is 0 Å². The van der Waals surface area contributed by atoms with Crippen LogP contribution in [0.15, 0.2) is 24.3 Å². The molecule has 0 saturated heterocycles. The minimum Gasteiger partial charge on any atom is -0.493 e. The number of carbonyl (C=O) groups is 1. The lowest BCUT2D eigenvalue weighted by molar-refractivity contribution is -0.124. The lowest BCUT2D eigenvalue weighted by Crippen LogP contribution is -2.46. The third-order valence-electron chi connectivity index (χ3n) is 3.66. The van der Waals surface area contributed by atoms with E-state index >= 15 is 0 Å². The molecule has 0 saturated carbocycles. The number of rotatable bonds is 4. The van der Waals surface area contributed by atoms with Crippen molar-refractivity contribution in [2.45, 2.75) is 32.2 Å². The zero-order valence-electron chi connectivity index (χ0n) is 11.6. The molecule has 1 aliphatic heterocycles. The Morgan fingerprint density at radius 2 is 2.21 bits per heavy atom. The third-order valence-corrected chi connectivity index (χ3v) is 3.66. The number of amides is 1. The number of carbonyl (C=O) groups excluding carboxylic acids is 1. The SMILES string of the molecule is CC(C)C(CN)NC(=O)C1CCOc2ccccc21. The average Bonchev–Trinajstić information content (AvgIpc) is 2.43. The molecule has 0 aliphatic carbocycles. The predicted octanol–water partition coefficient (Wildman–Crippen LogP) is 1.65. The van der Waals surface area contributed by atoms with Crippen molar-refractivity contribution < 1.29 is 9.53 Å². The molecule has 104 valence electrons. The first-order chi connectivity index (χ1) is 9.13. The van der Waals surface area contributed by atoms with E-state index in [4.69, 9.17) is 10.5 Å². The Balaban J connectivity index is 2.12. The number of hydrogen-bond donors (Lipinski definition) is 2. The maximum Gasteiger partial charge on any atom is 0.228 e. The van der Waals surface area contributed by atoms with E-state index in [0.717, 1.165) is 17.7 Å². The topological polar surface area (TPSA) is 64.3 Å². The van der Waals surface area contributed by atoms with Crippen molar-refractivity contribution in [1.29, 1.82) is 0 Å². The van der Waals surface area contributed by atoms with Gasteiger partial charge in [-0.1, -0.05) is 32.0 Å². The molecule has 3 N–H and O–H groups in total. The van der Waals surface area contributed by atoms with E-state index in [2.05, 4.69) is 19.2 Å². The van der Waals surface area contributed by atoms with Gasteiger partial charge in [0, 0.05) is 18.2 Å². The van der Waals surface area contributed by atoms with Gasteiger partial charge in [0.2, 0.25) is 5.91 Å². The average molecular weight is 262 g/mol. The molecule has 0 bridgehead atoms. The highest BCUT2D eigenvalue weighted by Gasteiger charge is 2.28. The van der Waals surface area contributed by atoms with E-state index in [1.165, 1.54) is 0 Å². The van der Waals surface area contributed by atoms with E-state index in [-0.39, 0.29) is 17.9 Å². The van der Waals surface area contributed by atoms with Crippen LogP contribution < -0.4 is 15.8 Å². The van der Waals surface area contributed by atoms with Gasteiger partial charge >= 0.3 is 0 Å². The van der Waals surface area contributed by atoms with Gasteiger partial charge in [-0.2, -0.15) is 0 Å². The Morgan fingerprint density at radius 3 is 2.89 bits per heavy atom. The van der Waals surface area contributed by atoms with Gasteiger partial charge in [0.05, 0.1) is 12.5 Å². The molecule has 1 aromatic carbocycles. The summed E-state index contributed by atoms with van der Waals surface area (Å²) in [6.45, 7) is 5.18. The first-order valence-corrected chi connectivity index (χ1v) is 6.85. The Hall–Kier alpha value is -1.55. The highest BCUT2D eigenvalue weighted by Crippen LogP contribution is 2.33. The zero-order chi connectivity index (χ0) is 13.8. The summed E-state index contributed by atoms with van der Waals surface area (Å²) in [4.78, 5) is 12.4. The number of benzene rings is 1. The normalized spacial score (nSPS) is 19.5. The van der Waals surface area contributed by atoms with E-state index in [0.29, 0.717) is 19.1 Å². The first-order valence-electron chi connectivity index (χ1n) is 6.85. The number of ether oxygens (including phenoxy) is 1. The summed E-state index contributed by atoms with van der Waals surface area (Å²) in [5, 5.41) is 3.06. The molecule has 0 radical (unpaired) electrons. The number of fused-ring (bicyclic) bond motifs is 1. The summed E-state index contributed by atoms with van der Waals surface area (Å²) >= 11 is 0. The van der Waals surface area contributed by atoms with Crippen molar-refractivity contribution in [2.75, 3.05) is 13.2 Å². The molecule has 2 atom stereocenters. The summed E-state index contributed by atoms with van der Waals surface area (Å²) in [5.74, 6) is 1.09. The zero-order valence-corrected chi connectivity index (χ0v) is 11.6. The van der Waals surface area contributed by atoms with Gasteiger partial charge in [0.15, 0.2) is 0 Å². The lowest BCUT2D eigenvalue weighted by atomic mass is 9.91.